The predicted molar refractivity (Wildman–Crippen MR) is 130 cm³/mol. The van der Waals surface area contributed by atoms with Crippen molar-refractivity contribution in [2.45, 2.75) is 38.9 Å². The molecule has 0 spiro atoms. The van der Waals surface area contributed by atoms with Crippen LogP contribution < -0.4 is 0 Å². The van der Waals surface area contributed by atoms with Crippen LogP contribution in [0.2, 0.25) is 0 Å². The molecule has 0 bridgehead atoms. The Morgan fingerprint density at radius 1 is 0.903 bits per heavy atom. The molecule has 3 aromatic carbocycles. The van der Waals surface area contributed by atoms with Gasteiger partial charge in [0.2, 0.25) is 0 Å². The average Bonchev–Trinajstić information content (AvgIpc) is 2.79. The van der Waals surface area contributed by atoms with Gasteiger partial charge in [-0.1, -0.05) is 86.7 Å². The van der Waals surface area contributed by atoms with E-state index >= 15 is 0 Å². The van der Waals surface area contributed by atoms with Crippen LogP contribution in [0, 0.1) is 11.8 Å². The number of benzene rings is 3. The van der Waals surface area contributed by atoms with E-state index < -0.39 is 12.2 Å². The molecule has 3 aromatic rings. The zero-order valence-electron chi connectivity index (χ0n) is 18.3. The normalized spacial score (nSPS) is 15.1. The summed E-state index contributed by atoms with van der Waals surface area (Å²) in [6.07, 6.45) is 3.64. The molecule has 0 radical (unpaired) electrons. The van der Waals surface area contributed by atoms with Crippen molar-refractivity contribution in [2.75, 3.05) is 0 Å². The fraction of sp³-hybridized carbons (Fsp3) is 0.286. The van der Waals surface area contributed by atoms with Crippen molar-refractivity contribution in [2.24, 2.45) is 11.8 Å². The second-order valence-corrected chi connectivity index (χ2v) is 8.41. The molecular formula is C28H32O3. The van der Waals surface area contributed by atoms with Crippen LogP contribution in [0.1, 0.15) is 37.8 Å². The summed E-state index contributed by atoms with van der Waals surface area (Å²) in [6, 6.07) is 21.6. The molecule has 3 atom stereocenters. The summed E-state index contributed by atoms with van der Waals surface area (Å²) in [5.74, 6) is -0.0578. The summed E-state index contributed by atoms with van der Waals surface area (Å²) in [7, 11) is 0. The number of hydrogen-bond donors (Lipinski definition) is 3. The lowest BCUT2D eigenvalue weighted by Crippen LogP contribution is -2.33. The number of aliphatic hydroxyl groups excluding tert-OH is 2. The Bertz CT molecular complexity index is 1040. The first kappa shape index (κ1) is 22.8. The van der Waals surface area contributed by atoms with E-state index in [-0.39, 0.29) is 17.6 Å². The Balaban J connectivity index is 1.94. The van der Waals surface area contributed by atoms with E-state index in [1.807, 2.05) is 62.4 Å². The van der Waals surface area contributed by atoms with Crippen LogP contribution in [0.5, 0.6) is 5.75 Å². The van der Waals surface area contributed by atoms with Gasteiger partial charge in [0.15, 0.2) is 0 Å². The van der Waals surface area contributed by atoms with Gasteiger partial charge in [0.1, 0.15) is 5.75 Å². The fourth-order valence-corrected chi connectivity index (χ4v) is 4.04. The third-order valence-corrected chi connectivity index (χ3v) is 5.91. The number of rotatable bonds is 9. The summed E-state index contributed by atoms with van der Waals surface area (Å²) < 4.78 is 0. The molecule has 31 heavy (non-hydrogen) atoms. The van der Waals surface area contributed by atoms with Crippen molar-refractivity contribution in [1.82, 2.24) is 0 Å². The van der Waals surface area contributed by atoms with Crippen molar-refractivity contribution >= 4 is 22.4 Å². The summed E-state index contributed by atoms with van der Waals surface area (Å²) >= 11 is 0. The highest BCUT2D eigenvalue weighted by Crippen LogP contribution is 2.32. The Labute approximate surface area is 185 Å². The first-order valence-corrected chi connectivity index (χ1v) is 10.9. The van der Waals surface area contributed by atoms with E-state index in [0.717, 1.165) is 27.5 Å². The van der Waals surface area contributed by atoms with E-state index in [9.17, 15) is 15.3 Å². The van der Waals surface area contributed by atoms with Crippen LogP contribution in [-0.4, -0.2) is 27.5 Å². The van der Waals surface area contributed by atoms with Gasteiger partial charge in [0.25, 0.3) is 0 Å². The molecule has 0 saturated heterocycles. The van der Waals surface area contributed by atoms with Gasteiger partial charge in [-0.05, 0) is 46.9 Å². The monoisotopic (exact) mass is 416 g/mol. The lowest BCUT2D eigenvalue weighted by molar-refractivity contribution is 0.00939. The molecule has 0 aliphatic rings. The zero-order valence-corrected chi connectivity index (χ0v) is 18.3. The van der Waals surface area contributed by atoms with E-state index in [1.54, 1.807) is 12.1 Å². The van der Waals surface area contributed by atoms with Crippen LogP contribution in [0.4, 0.5) is 0 Å². The fourth-order valence-electron chi connectivity index (χ4n) is 4.04. The third-order valence-electron chi connectivity index (χ3n) is 5.91. The van der Waals surface area contributed by atoms with Crippen LogP contribution in [0.3, 0.4) is 0 Å². The van der Waals surface area contributed by atoms with Gasteiger partial charge in [-0.3, -0.25) is 0 Å². The Morgan fingerprint density at radius 3 is 2.19 bits per heavy atom. The first-order chi connectivity index (χ1) is 14.9. The topological polar surface area (TPSA) is 60.7 Å². The van der Waals surface area contributed by atoms with Crippen molar-refractivity contribution in [3.05, 3.63) is 90.5 Å². The van der Waals surface area contributed by atoms with E-state index in [2.05, 4.69) is 24.8 Å². The van der Waals surface area contributed by atoms with Crippen LogP contribution >= 0.6 is 0 Å². The van der Waals surface area contributed by atoms with E-state index in [1.165, 1.54) is 0 Å². The highest BCUT2D eigenvalue weighted by atomic mass is 16.3. The number of phenols is 1. The van der Waals surface area contributed by atoms with Crippen LogP contribution in [-0.2, 0) is 0 Å². The highest BCUT2D eigenvalue weighted by molar-refractivity contribution is 5.98. The van der Waals surface area contributed by atoms with Gasteiger partial charge in [-0.25, -0.2) is 0 Å². The third kappa shape index (κ3) is 5.43. The SMILES string of the molecule is C=C[C@H]([C@H](O)CC/C(=C/c1ccc(O)c2ccccc12)c1ccccc1)[C@H](O)C(C)C. The van der Waals surface area contributed by atoms with Gasteiger partial charge in [-0.2, -0.15) is 0 Å². The number of phenolic OH excluding ortho intramolecular Hbond substituents is 1. The van der Waals surface area contributed by atoms with Gasteiger partial charge in [-0.15, -0.1) is 6.58 Å². The van der Waals surface area contributed by atoms with Crippen molar-refractivity contribution in [1.29, 1.82) is 0 Å². The first-order valence-electron chi connectivity index (χ1n) is 10.9. The molecule has 3 heteroatoms. The maximum atomic E-state index is 10.8. The minimum absolute atomic E-state index is 0.0464. The maximum Gasteiger partial charge on any atom is 0.123 e. The molecule has 0 aliphatic carbocycles. The molecule has 3 rings (SSSR count). The molecule has 3 N–H and O–H groups in total. The molecule has 0 amide bonds. The molecule has 162 valence electrons. The number of aliphatic hydroxyl groups is 2. The Morgan fingerprint density at radius 2 is 1.55 bits per heavy atom. The predicted octanol–water partition coefficient (Wildman–Crippen LogP) is 6.05. The minimum Gasteiger partial charge on any atom is -0.507 e. The second kappa shape index (κ2) is 10.4. The Kier molecular flexibility index (Phi) is 7.67. The highest BCUT2D eigenvalue weighted by Gasteiger charge is 2.26. The molecule has 0 unspecified atom stereocenters. The van der Waals surface area contributed by atoms with Gasteiger partial charge >= 0.3 is 0 Å². The van der Waals surface area contributed by atoms with E-state index in [0.29, 0.717) is 12.8 Å². The smallest absolute Gasteiger partial charge is 0.123 e. The standard InChI is InChI=1S/C28H32O3/c1-4-23(28(31)19(2)3)26(29)16-14-21(20-10-6-5-7-11-20)18-22-15-17-27(30)25-13-9-8-12-24(22)25/h4-13,15,17-19,23,26,28-31H,1,14,16H2,2-3H3/b21-18-/t23-,26-,28-/m1/s1. The second-order valence-electron chi connectivity index (χ2n) is 8.41. The summed E-state index contributed by atoms with van der Waals surface area (Å²) in [5, 5.41) is 33.3. The summed E-state index contributed by atoms with van der Waals surface area (Å²) in [6.45, 7) is 7.71. The average molecular weight is 417 g/mol. The zero-order chi connectivity index (χ0) is 22.4. The number of allylic oxidation sites excluding steroid dienone is 1. The minimum atomic E-state index is -0.682. The van der Waals surface area contributed by atoms with Gasteiger partial charge in [0, 0.05) is 11.3 Å². The van der Waals surface area contributed by atoms with Crippen molar-refractivity contribution in [3.63, 3.8) is 0 Å². The molecule has 0 aliphatic heterocycles. The quantitative estimate of drug-likeness (QED) is 0.294. The largest absolute Gasteiger partial charge is 0.507 e. The maximum absolute atomic E-state index is 10.8. The van der Waals surface area contributed by atoms with Crippen molar-refractivity contribution < 1.29 is 15.3 Å². The number of hydrogen-bond acceptors (Lipinski definition) is 3. The lowest BCUT2D eigenvalue weighted by atomic mass is 9.85. The molecular weight excluding hydrogens is 384 g/mol. The molecule has 3 nitrogen and oxygen atoms in total. The lowest BCUT2D eigenvalue weighted by Gasteiger charge is -2.27. The van der Waals surface area contributed by atoms with Gasteiger partial charge in [0.05, 0.1) is 12.2 Å². The molecule has 0 fully saturated rings. The van der Waals surface area contributed by atoms with Crippen LogP contribution in [0.15, 0.2) is 79.4 Å². The Hall–Kier alpha value is -2.88. The summed E-state index contributed by atoms with van der Waals surface area (Å²) in [4.78, 5) is 0. The molecule has 0 heterocycles. The van der Waals surface area contributed by atoms with Crippen molar-refractivity contribution in [3.8, 4) is 5.75 Å². The van der Waals surface area contributed by atoms with E-state index in [4.69, 9.17) is 0 Å². The number of fused-ring (bicyclic) bond motifs is 1. The molecule has 0 aromatic heterocycles. The number of aromatic hydroxyl groups is 1. The molecule has 0 saturated carbocycles. The van der Waals surface area contributed by atoms with Crippen LogP contribution in [0.25, 0.3) is 22.4 Å². The van der Waals surface area contributed by atoms with Gasteiger partial charge < -0.3 is 15.3 Å². The summed E-state index contributed by atoms with van der Waals surface area (Å²) in [5.41, 5.74) is 3.20.